The highest BCUT2D eigenvalue weighted by molar-refractivity contribution is 5.94. The largest absolute Gasteiger partial charge is 0.369 e. The molecule has 1 heterocycles. The average molecular weight is 242 g/mol. The number of nitrogens with two attached hydrogens (primary N) is 1. The van der Waals surface area contributed by atoms with E-state index in [1.165, 1.54) is 6.42 Å². The number of benzene rings is 1. The molecule has 18 heavy (non-hydrogen) atoms. The van der Waals surface area contributed by atoms with Crippen LogP contribution in [0.15, 0.2) is 30.5 Å². The second-order valence-electron chi connectivity index (χ2n) is 5.25. The maximum atomic E-state index is 12.1. The number of fused-ring (bicyclic) bond motifs is 1. The van der Waals surface area contributed by atoms with Crippen LogP contribution in [-0.2, 0) is 10.2 Å². The first-order valence-corrected chi connectivity index (χ1v) is 6.60. The molecule has 3 rings (SSSR count). The number of H-pyrrole nitrogens is 1. The summed E-state index contributed by atoms with van der Waals surface area (Å²) in [6.45, 7) is 0. The number of rotatable bonds is 2. The van der Waals surface area contributed by atoms with Crippen LogP contribution < -0.4 is 5.73 Å². The lowest BCUT2D eigenvalue weighted by molar-refractivity contribution is -0.124. The maximum absolute atomic E-state index is 12.1. The summed E-state index contributed by atoms with van der Waals surface area (Å²) in [5.74, 6) is -0.170. The summed E-state index contributed by atoms with van der Waals surface area (Å²) in [6, 6.07) is 8.15. The Morgan fingerprint density at radius 2 is 1.94 bits per heavy atom. The molecule has 0 saturated heterocycles. The number of aromatic amines is 1. The molecule has 0 aliphatic heterocycles. The first kappa shape index (κ1) is 11.3. The number of carbonyl (C=O) groups is 1. The predicted octanol–water partition coefficient (Wildman–Crippen LogP) is 2.86. The zero-order valence-corrected chi connectivity index (χ0v) is 10.4. The average Bonchev–Trinajstić information content (AvgIpc) is 2.87. The van der Waals surface area contributed by atoms with Crippen molar-refractivity contribution in [2.45, 2.75) is 37.5 Å². The monoisotopic (exact) mass is 242 g/mol. The van der Waals surface area contributed by atoms with Crippen LogP contribution in [0.25, 0.3) is 10.9 Å². The molecule has 0 bridgehead atoms. The second-order valence-corrected chi connectivity index (χ2v) is 5.25. The molecule has 3 heteroatoms. The van der Waals surface area contributed by atoms with Gasteiger partial charge in [0, 0.05) is 17.1 Å². The molecule has 0 spiro atoms. The molecule has 1 fully saturated rings. The van der Waals surface area contributed by atoms with Crippen LogP contribution in [0.2, 0.25) is 0 Å². The van der Waals surface area contributed by atoms with E-state index in [-0.39, 0.29) is 5.91 Å². The molecule has 1 aromatic carbocycles. The van der Waals surface area contributed by atoms with Crippen molar-refractivity contribution in [3.8, 4) is 0 Å². The molecule has 94 valence electrons. The van der Waals surface area contributed by atoms with E-state index in [4.69, 9.17) is 5.73 Å². The molecular formula is C15H18N2O. The van der Waals surface area contributed by atoms with Gasteiger partial charge in [0.05, 0.1) is 5.41 Å². The highest BCUT2D eigenvalue weighted by Crippen LogP contribution is 2.41. The lowest BCUT2D eigenvalue weighted by Gasteiger charge is -2.35. The number of aromatic nitrogens is 1. The van der Waals surface area contributed by atoms with Crippen molar-refractivity contribution in [1.82, 2.24) is 4.98 Å². The van der Waals surface area contributed by atoms with Crippen molar-refractivity contribution in [2.24, 2.45) is 5.73 Å². The Morgan fingerprint density at radius 3 is 2.67 bits per heavy atom. The fraction of sp³-hybridized carbons (Fsp3) is 0.400. The summed E-state index contributed by atoms with van der Waals surface area (Å²) >= 11 is 0. The zero-order valence-electron chi connectivity index (χ0n) is 10.4. The number of hydrogen-bond acceptors (Lipinski definition) is 1. The molecule has 0 radical (unpaired) electrons. The van der Waals surface area contributed by atoms with E-state index in [9.17, 15) is 4.79 Å². The second kappa shape index (κ2) is 4.16. The summed E-state index contributed by atoms with van der Waals surface area (Å²) in [5, 5.41) is 1.14. The molecule has 3 N–H and O–H groups in total. The van der Waals surface area contributed by atoms with Crippen LogP contribution in [-0.4, -0.2) is 10.9 Å². The first-order chi connectivity index (χ1) is 8.74. The normalized spacial score (nSPS) is 18.9. The van der Waals surface area contributed by atoms with E-state index >= 15 is 0 Å². The van der Waals surface area contributed by atoms with Crippen LogP contribution >= 0.6 is 0 Å². The van der Waals surface area contributed by atoms with E-state index in [0.29, 0.717) is 0 Å². The molecule has 1 aliphatic carbocycles. The van der Waals surface area contributed by atoms with Gasteiger partial charge in [0.1, 0.15) is 0 Å². The number of carbonyl (C=O) groups excluding carboxylic acids is 1. The zero-order chi connectivity index (χ0) is 12.6. The highest BCUT2D eigenvalue weighted by Gasteiger charge is 2.40. The van der Waals surface area contributed by atoms with Crippen LogP contribution in [0, 0.1) is 0 Å². The van der Waals surface area contributed by atoms with Crippen LogP contribution in [0.1, 0.15) is 37.7 Å². The molecule has 0 unspecified atom stereocenters. The van der Waals surface area contributed by atoms with Crippen molar-refractivity contribution in [3.05, 3.63) is 36.0 Å². The van der Waals surface area contributed by atoms with Crippen LogP contribution in [0.5, 0.6) is 0 Å². The van der Waals surface area contributed by atoms with Crippen molar-refractivity contribution in [1.29, 1.82) is 0 Å². The van der Waals surface area contributed by atoms with Crippen LogP contribution in [0.4, 0.5) is 0 Å². The van der Waals surface area contributed by atoms with Crippen molar-refractivity contribution in [3.63, 3.8) is 0 Å². The van der Waals surface area contributed by atoms with Gasteiger partial charge in [-0.15, -0.1) is 0 Å². The summed E-state index contributed by atoms with van der Waals surface area (Å²) in [5.41, 5.74) is 7.47. The Hall–Kier alpha value is -1.77. The molecule has 1 aliphatic rings. The minimum absolute atomic E-state index is 0.170. The summed E-state index contributed by atoms with van der Waals surface area (Å²) < 4.78 is 0. The Morgan fingerprint density at radius 1 is 1.17 bits per heavy atom. The first-order valence-electron chi connectivity index (χ1n) is 6.60. The Bertz CT molecular complexity index is 579. The Labute approximate surface area is 106 Å². The van der Waals surface area contributed by atoms with Gasteiger partial charge in [-0.2, -0.15) is 0 Å². The van der Waals surface area contributed by atoms with Crippen molar-refractivity contribution >= 4 is 16.8 Å². The lowest BCUT2D eigenvalue weighted by Crippen LogP contribution is -2.42. The number of nitrogens with one attached hydrogen (secondary N) is 1. The summed E-state index contributed by atoms with van der Waals surface area (Å²) in [6.07, 6.45) is 7.07. The maximum Gasteiger partial charge on any atom is 0.228 e. The van der Waals surface area contributed by atoms with Gasteiger partial charge >= 0.3 is 0 Å². The third-order valence-corrected chi connectivity index (χ3v) is 4.29. The smallest absolute Gasteiger partial charge is 0.228 e. The lowest BCUT2D eigenvalue weighted by atomic mass is 9.68. The van der Waals surface area contributed by atoms with Gasteiger partial charge in [-0.1, -0.05) is 31.4 Å². The van der Waals surface area contributed by atoms with E-state index < -0.39 is 5.41 Å². The topological polar surface area (TPSA) is 58.9 Å². The Balaban J connectivity index is 2.20. The van der Waals surface area contributed by atoms with Gasteiger partial charge in [0.15, 0.2) is 0 Å². The Kier molecular flexibility index (Phi) is 2.62. The molecule has 3 nitrogen and oxygen atoms in total. The van der Waals surface area contributed by atoms with Gasteiger partial charge in [0.25, 0.3) is 0 Å². The summed E-state index contributed by atoms with van der Waals surface area (Å²) in [7, 11) is 0. The molecular weight excluding hydrogens is 224 g/mol. The molecule has 1 aromatic heterocycles. The summed E-state index contributed by atoms with van der Waals surface area (Å²) in [4.78, 5) is 15.3. The molecule has 1 amide bonds. The van der Waals surface area contributed by atoms with Gasteiger partial charge in [0.2, 0.25) is 5.91 Å². The van der Waals surface area contributed by atoms with Gasteiger partial charge < -0.3 is 10.7 Å². The quantitative estimate of drug-likeness (QED) is 0.835. The standard InChI is InChI=1S/C15H18N2O/c16-14(18)15(8-2-1-3-9-15)12-5-4-6-13-11(12)7-10-17-13/h4-7,10,17H,1-3,8-9H2,(H2,16,18). The third-order valence-electron chi connectivity index (χ3n) is 4.29. The number of hydrogen-bond donors (Lipinski definition) is 2. The molecule has 1 saturated carbocycles. The van der Waals surface area contributed by atoms with Crippen LogP contribution in [0.3, 0.4) is 0 Å². The highest BCUT2D eigenvalue weighted by atomic mass is 16.1. The van der Waals surface area contributed by atoms with E-state index in [2.05, 4.69) is 11.1 Å². The number of amides is 1. The van der Waals surface area contributed by atoms with E-state index in [1.807, 2.05) is 24.4 Å². The molecule has 0 atom stereocenters. The van der Waals surface area contributed by atoms with Crippen molar-refractivity contribution in [2.75, 3.05) is 0 Å². The van der Waals surface area contributed by atoms with Gasteiger partial charge in [-0.05, 0) is 30.5 Å². The molecule has 2 aromatic rings. The minimum atomic E-state index is -0.458. The number of primary amides is 1. The van der Waals surface area contributed by atoms with E-state index in [1.54, 1.807) is 0 Å². The fourth-order valence-electron chi connectivity index (χ4n) is 3.31. The minimum Gasteiger partial charge on any atom is -0.369 e. The van der Waals surface area contributed by atoms with E-state index in [0.717, 1.165) is 42.1 Å². The third kappa shape index (κ3) is 1.54. The fourth-order valence-corrected chi connectivity index (χ4v) is 3.31. The van der Waals surface area contributed by atoms with Gasteiger partial charge in [-0.3, -0.25) is 4.79 Å². The van der Waals surface area contributed by atoms with Crippen molar-refractivity contribution < 1.29 is 4.79 Å². The predicted molar refractivity (Wildman–Crippen MR) is 72.3 cm³/mol. The SMILES string of the molecule is NC(=O)C1(c2cccc3[nH]ccc23)CCCCC1. The van der Waals surface area contributed by atoms with Gasteiger partial charge in [-0.25, -0.2) is 0 Å².